The van der Waals surface area contributed by atoms with E-state index >= 15 is 0 Å². The summed E-state index contributed by atoms with van der Waals surface area (Å²) in [5, 5.41) is 9.63. The van der Waals surface area contributed by atoms with Crippen LogP contribution in [-0.2, 0) is 19.1 Å². The molecule has 7 nitrogen and oxygen atoms in total. The summed E-state index contributed by atoms with van der Waals surface area (Å²) in [7, 11) is 3.96. The van der Waals surface area contributed by atoms with E-state index in [0.717, 1.165) is 42.9 Å². The Labute approximate surface area is 229 Å². The summed E-state index contributed by atoms with van der Waals surface area (Å²) in [5.74, 6) is 1.42. The molecule has 1 aromatic carbocycles. The molecular formula is C28H43N3O4S2. The minimum Gasteiger partial charge on any atom is -0.356 e. The number of benzene rings is 1. The zero-order valence-electron chi connectivity index (χ0n) is 22.2. The van der Waals surface area contributed by atoms with Crippen molar-refractivity contribution in [3.05, 3.63) is 35.9 Å². The molecule has 206 valence electrons. The molecule has 0 bridgehead atoms. The molecule has 0 aliphatic carbocycles. The Kier molecular flexibility index (Phi) is 13.1. The average Bonchev–Trinajstić information content (AvgIpc) is 3.53. The van der Waals surface area contributed by atoms with Crippen LogP contribution in [0.2, 0.25) is 0 Å². The van der Waals surface area contributed by atoms with Crippen LogP contribution in [0.5, 0.6) is 0 Å². The van der Waals surface area contributed by atoms with Crippen molar-refractivity contribution in [2.45, 2.75) is 95.1 Å². The average molecular weight is 550 g/mol. The minimum atomic E-state index is -0.573. The van der Waals surface area contributed by atoms with Crippen LogP contribution in [-0.4, -0.2) is 54.0 Å². The van der Waals surface area contributed by atoms with E-state index < -0.39 is 12.1 Å². The van der Waals surface area contributed by atoms with E-state index in [4.69, 9.17) is 4.74 Å². The number of unbranched alkanes of at least 4 members (excludes halogenated alkanes) is 2. The molecule has 9 heteroatoms. The molecule has 2 heterocycles. The monoisotopic (exact) mass is 549 g/mol. The molecule has 1 aromatic rings. The van der Waals surface area contributed by atoms with Crippen molar-refractivity contribution < 1.29 is 19.1 Å². The van der Waals surface area contributed by atoms with Gasteiger partial charge in [-0.25, -0.2) is 0 Å². The van der Waals surface area contributed by atoms with Gasteiger partial charge in [0.25, 0.3) is 5.91 Å². The summed E-state index contributed by atoms with van der Waals surface area (Å²) in [6.45, 7) is 5.35. The van der Waals surface area contributed by atoms with Gasteiger partial charge in [-0.15, -0.1) is 0 Å². The van der Waals surface area contributed by atoms with E-state index in [1.165, 1.54) is 18.6 Å². The normalized spacial score (nSPS) is 21.4. The first kappa shape index (κ1) is 29.8. The largest absolute Gasteiger partial charge is 0.356 e. The number of hydrogen-bond donors (Lipinski definition) is 3. The van der Waals surface area contributed by atoms with Gasteiger partial charge in [-0.3, -0.25) is 14.4 Å². The van der Waals surface area contributed by atoms with Crippen LogP contribution >= 0.6 is 21.6 Å². The summed E-state index contributed by atoms with van der Waals surface area (Å²) in [6, 6.07) is 9.09. The molecule has 0 spiro atoms. The quantitative estimate of drug-likeness (QED) is 0.147. The number of ether oxygens (including phenoxy) is 1. The summed E-state index contributed by atoms with van der Waals surface area (Å²) in [6.07, 6.45) is 7.40. The predicted molar refractivity (Wildman–Crippen MR) is 152 cm³/mol. The molecule has 0 aromatic heterocycles. The van der Waals surface area contributed by atoms with Crippen LogP contribution in [0.1, 0.15) is 83.3 Å². The van der Waals surface area contributed by atoms with Crippen LogP contribution < -0.4 is 16.0 Å². The highest BCUT2D eigenvalue weighted by molar-refractivity contribution is 8.77. The second-order valence-electron chi connectivity index (χ2n) is 10.3. The standard InChI is InChI=1S/C28H43N3O4S2/c1-20(2)14-15-23(31-28(34)26-25(35-26)21-10-4-3-5-11-21)27(33)30-18-9-8-17-29-24(32)13-7-6-12-22-16-19-36-37-22/h3-5,10-11,20,22-23,25-26H,6-9,12-19H2,1-2H3,(H,29,32)(H,30,33)(H,31,34)/t22?,23-,25?,26?/m0/s1. The Morgan fingerprint density at radius 3 is 2.46 bits per heavy atom. The molecule has 4 atom stereocenters. The Hall–Kier alpha value is -1.71. The van der Waals surface area contributed by atoms with E-state index in [0.29, 0.717) is 31.8 Å². The number of hydrogen-bond acceptors (Lipinski definition) is 6. The third-order valence-electron chi connectivity index (χ3n) is 6.68. The predicted octanol–water partition coefficient (Wildman–Crippen LogP) is 4.77. The summed E-state index contributed by atoms with van der Waals surface area (Å²) >= 11 is 0. The lowest BCUT2D eigenvalue weighted by atomic mass is 10.0. The molecule has 2 fully saturated rings. The molecule has 3 rings (SSSR count). The summed E-state index contributed by atoms with van der Waals surface area (Å²) in [4.78, 5) is 37.6. The number of rotatable bonds is 17. The summed E-state index contributed by atoms with van der Waals surface area (Å²) < 4.78 is 5.59. The fraction of sp³-hybridized carbons (Fsp3) is 0.679. The number of nitrogens with one attached hydrogen (secondary N) is 3. The maximum absolute atomic E-state index is 12.8. The lowest BCUT2D eigenvalue weighted by Gasteiger charge is -2.19. The fourth-order valence-corrected chi connectivity index (χ4v) is 7.38. The minimum absolute atomic E-state index is 0.116. The SMILES string of the molecule is CC(C)CC[C@H](NC(=O)C1OC1c1ccccc1)C(=O)NCCCCNC(=O)CCCCC1CCSS1. The van der Waals surface area contributed by atoms with E-state index in [1.54, 1.807) is 0 Å². The molecular weight excluding hydrogens is 506 g/mol. The van der Waals surface area contributed by atoms with Crippen molar-refractivity contribution in [1.82, 2.24) is 16.0 Å². The van der Waals surface area contributed by atoms with Crippen molar-refractivity contribution >= 4 is 39.3 Å². The Morgan fingerprint density at radius 1 is 1.00 bits per heavy atom. The van der Waals surface area contributed by atoms with Gasteiger partial charge >= 0.3 is 0 Å². The van der Waals surface area contributed by atoms with Crippen LogP contribution in [0.3, 0.4) is 0 Å². The van der Waals surface area contributed by atoms with Gasteiger partial charge in [0.15, 0.2) is 6.10 Å². The Bertz CT molecular complexity index is 849. The van der Waals surface area contributed by atoms with Crippen LogP contribution in [0, 0.1) is 5.92 Å². The summed E-state index contributed by atoms with van der Waals surface area (Å²) in [5.41, 5.74) is 0.972. The Balaban J connectivity index is 1.28. The topological polar surface area (TPSA) is 99.8 Å². The van der Waals surface area contributed by atoms with Crippen molar-refractivity contribution in [2.24, 2.45) is 5.92 Å². The number of epoxide rings is 1. The maximum atomic E-state index is 12.8. The van der Waals surface area contributed by atoms with Gasteiger partial charge in [-0.05, 0) is 56.4 Å². The molecule has 2 saturated heterocycles. The molecule has 2 aliphatic heterocycles. The lowest BCUT2D eigenvalue weighted by Crippen LogP contribution is -2.48. The molecule has 37 heavy (non-hydrogen) atoms. The van der Waals surface area contributed by atoms with Crippen LogP contribution in [0.4, 0.5) is 0 Å². The first-order valence-corrected chi connectivity index (χ1v) is 16.2. The Morgan fingerprint density at radius 2 is 1.76 bits per heavy atom. The molecule has 3 N–H and O–H groups in total. The fourth-order valence-electron chi connectivity index (χ4n) is 4.35. The molecule has 3 unspecified atom stereocenters. The zero-order chi connectivity index (χ0) is 26.5. The highest BCUT2D eigenvalue weighted by atomic mass is 33.1. The molecule has 0 saturated carbocycles. The van der Waals surface area contributed by atoms with E-state index in [-0.39, 0.29) is 23.8 Å². The molecule has 0 radical (unpaired) electrons. The number of carbonyl (C=O) groups excluding carboxylic acids is 3. The third kappa shape index (κ3) is 11.3. The smallest absolute Gasteiger partial charge is 0.252 e. The van der Waals surface area contributed by atoms with E-state index in [9.17, 15) is 14.4 Å². The number of amides is 3. The van der Waals surface area contributed by atoms with Gasteiger partial charge < -0.3 is 20.7 Å². The first-order chi connectivity index (χ1) is 17.9. The van der Waals surface area contributed by atoms with Crippen molar-refractivity contribution in [1.29, 1.82) is 0 Å². The highest BCUT2D eigenvalue weighted by Crippen LogP contribution is 2.40. The van der Waals surface area contributed by atoms with E-state index in [1.807, 2.05) is 51.9 Å². The van der Waals surface area contributed by atoms with Gasteiger partial charge in [0, 0.05) is 30.5 Å². The second kappa shape index (κ2) is 16.3. The van der Waals surface area contributed by atoms with Gasteiger partial charge in [-0.2, -0.15) is 0 Å². The van der Waals surface area contributed by atoms with Crippen LogP contribution in [0.15, 0.2) is 30.3 Å². The van der Waals surface area contributed by atoms with Crippen LogP contribution in [0.25, 0.3) is 0 Å². The van der Waals surface area contributed by atoms with Crippen molar-refractivity contribution in [3.8, 4) is 0 Å². The maximum Gasteiger partial charge on any atom is 0.252 e. The van der Waals surface area contributed by atoms with Crippen molar-refractivity contribution in [3.63, 3.8) is 0 Å². The number of carbonyl (C=O) groups is 3. The van der Waals surface area contributed by atoms with Crippen molar-refractivity contribution in [2.75, 3.05) is 18.8 Å². The van der Waals surface area contributed by atoms with E-state index in [2.05, 4.69) is 29.8 Å². The zero-order valence-corrected chi connectivity index (χ0v) is 23.8. The van der Waals surface area contributed by atoms with Gasteiger partial charge in [0.2, 0.25) is 11.8 Å². The van der Waals surface area contributed by atoms with Gasteiger partial charge in [0.05, 0.1) is 0 Å². The highest BCUT2D eigenvalue weighted by Gasteiger charge is 2.46. The van der Waals surface area contributed by atoms with Gasteiger partial charge in [0.1, 0.15) is 12.1 Å². The second-order valence-corrected chi connectivity index (χ2v) is 13.1. The van der Waals surface area contributed by atoms with Gasteiger partial charge in [-0.1, -0.05) is 72.2 Å². The third-order valence-corrected chi connectivity index (χ3v) is 9.68. The first-order valence-electron chi connectivity index (χ1n) is 13.8. The molecule has 2 aliphatic rings. The molecule has 3 amide bonds. The lowest BCUT2D eigenvalue weighted by molar-refractivity contribution is -0.129.